The number of hydrogen-bond acceptors (Lipinski definition) is 1. The Balaban J connectivity index is 0.000000735. The van der Waals surface area contributed by atoms with E-state index in [0.717, 1.165) is 13.2 Å². The SMILES string of the molecule is CCOCC.Cc1ccccc1.Cc1ccccc1.Cc1ccccc1.Cc1ccccc1.Cc1ccccc1.Cc1ccccc1.Cc1ccccc1.Cc1ccccc1.Cc1ccccc1. The van der Waals surface area contributed by atoms with Crippen molar-refractivity contribution in [3.63, 3.8) is 0 Å². The van der Waals surface area contributed by atoms with Crippen molar-refractivity contribution < 1.29 is 4.74 Å². The molecular weight excluding hydrogens is 821 g/mol. The standard InChI is InChI=1S/9C7H8.C4H10O/c9*1-7-5-3-2-4-6-7;1-3-5-4-2/h9*2-6H,1H3;3-4H2,1-2H3. The van der Waals surface area contributed by atoms with E-state index in [0.29, 0.717) is 0 Å². The van der Waals surface area contributed by atoms with E-state index in [4.69, 9.17) is 4.74 Å². The third kappa shape index (κ3) is 44.2. The Bertz CT molecular complexity index is 1760. The summed E-state index contributed by atoms with van der Waals surface area (Å²) in [4.78, 5) is 0. The van der Waals surface area contributed by atoms with Crippen molar-refractivity contribution in [1.29, 1.82) is 0 Å². The molecule has 0 radical (unpaired) electrons. The fourth-order valence-electron chi connectivity index (χ4n) is 5.01. The maximum atomic E-state index is 4.83. The summed E-state index contributed by atoms with van der Waals surface area (Å²) in [6, 6.07) is 92.4. The van der Waals surface area contributed by atoms with E-state index in [1.54, 1.807) is 0 Å². The monoisotopic (exact) mass is 903 g/mol. The Hall–Kier alpha value is -7.06. The summed E-state index contributed by atoms with van der Waals surface area (Å²) in [6.45, 7) is 24.4. The molecule has 0 aliphatic carbocycles. The van der Waals surface area contributed by atoms with Gasteiger partial charge in [0.1, 0.15) is 0 Å². The minimum absolute atomic E-state index is 0.844. The second-order valence-electron chi connectivity index (χ2n) is 15.7. The zero-order valence-electron chi connectivity index (χ0n) is 43.3. The number of rotatable bonds is 2. The molecule has 356 valence electrons. The van der Waals surface area contributed by atoms with Crippen LogP contribution in [0.3, 0.4) is 0 Å². The smallest absolute Gasteiger partial charge is 0.0437 e. The highest BCUT2D eigenvalue weighted by atomic mass is 16.5. The van der Waals surface area contributed by atoms with Gasteiger partial charge in [0, 0.05) is 13.2 Å². The normalized spacial score (nSPS) is 8.69. The predicted molar refractivity (Wildman–Crippen MR) is 303 cm³/mol. The minimum Gasteiger partial charge on any atom is -0.382 e. The second-order valence-corrected chi connectivity index (χ2v) is 15.7. The molecule has 68 heavy (non-hydrogen) atoms. The van der Waals surface area contributed by atoms with Crippen molar-refractivity contribution in [1.82, 2.24) is 0 Å². The average Bonchev–Trinajstić information content (AvgIpc) is 3.36. The molecule has 9 aromatic rings. The largest absolute Gasteiger partial charge is 0.382 e. The van der Waals surface area contributed by atoms with Crippen LogP contribution >= 0.6 is 0 Å². The molecule has 0 unspecified atom stereocenters. The van der Waals surface area contributed by atoms with Gasteiger partial charge < -0.3 is 4.74 Å². The van der Waals surface area contributed by atoms with Gasteiger partial charge in [0.2, 0.25) is 0 Å². The van der Waals surface area contributed by atoms with Crippen LogP contribution in [0.2, 0.25) is 0 Å². The average molecular weight is 903 g/mol. The van der Waals surface area contributed by atoms with Crippen LogP contribution in [-0.4, -0.2) is 13.2 Å². The summed E-state index contributed by atoms with van der Waals surface area (Å²) in [5.41, 5.74) is 11.9. The first-order chi connectivity index (χ1) is 33.0. The maximum absolute atomic E-state index is 4.83. The first-order valence-corrected chi connectivity index (χ1v) is 23.7. The summed E-state index contributed by atoms with van der Waals surface area (Å²) < 4.78 is 4.83. The lowest BCUT2D eigenvalue weighted by atomic mass is 10.2. The van der Waals surface area contributed by atoms with E-state index in [2.05, 4.69) is 172 Å². The van der Waals surface area contributed by atoms with Gasteiger partial charge in [-0.3, -0.25) is 0 Å². The predicted octanol–water partition coefficient (Wildman–Crippen LogP) is 19.0. The van der Waals surface area contributed by atoms with E-state index in [1.165, 1.54) is 50.1 Å². The maximum Gasteiger partial charge on any atom is 0.0437 e. The molecule has 0 aliphatic rings. The molecule has 0 spiro atoms. The van der Waals surface area contributed by atoms with Crippen molar-refractivity contribution >= 4 is 0 Å². The number of benzene rings is 9. The molecule has 0 amide bonds. The van der Waals surface area contributed by atoms with Crippen LogP contribution in [0.4, 0.5) is 0 Å². The van der Waals surface area contributed by atoms with Crippen LogP contribution in [-0.2, 0) is 4.74 Å². The van der Waals surface area contributed by atoms with Crippen LogP contribution in [0.5, 0.6) is 0 Å². The van der Waals surface area contributed by atoms with Gasteiger partial charge in [0.15, 0.2) is 0 Å². The lowest BCUT2D eigenvalue weighted by molar-refractivity contribution is 0.162. The van der Waals surface area contributed by atoms with E-state index in [1.807, 2.05) is 178 Å². The minimum atomic E-state index is 0.844. The summed E-state index contributed by atoms with van der Waals surface area (Å²) in [5.74, 6) is 0. The zero-order chi connectivity index (χ0) is 50.1. The molecule has 0 atom stereocenters. The molecule has 0 aliphatic heterocycles. The van der Waals surface area contributed by atoms with E-state index in [9.17, 15) is 0 Å². The van der Waals surface area contributed by atoms with Gasteiger partial charge in [-0.1, -0.05) is 323 Å². The fraction of sp³-hybridized carbons (Fsp3) is 0.194. The van der Waals surface area contributed by atoms with Crippen LogP contribution in [0, 0.1) is 62.3 Å². The highest BCUT2D eigenvalue weighted by Crippen LogP contribution is 1.97. The Labute approximate surface area is 415 Å². The van der Waals surface area contributed by atoms with Gasteiger partial charge in [-0.2, -0.15) is 0 Å². The molecule has 1 heteroatoms. The first-order valence-electron chi connectivity index (χ1n) is 23.7. The van der Waals surface area contributed by atoms with Crippen molar-refractivity contribution in [3.05, 3.63) is 323 Å². The third-order valence-electron chi connectivity index (χ3n) is 8.87. The van der Waals surface area contributed by atoms with Crippen molar-refractivity contribution in [2.75, 3.05) is 13.2 Å². The van der Waals surface area contributed by atoms with Crippen LogP contribution < -0.4 is 0 Å². The lowest BCUT2D eigenvalue weighted by Gasteiger charge is -1.86. The summed E-state index contributed by atoms with van der Waals surface area (Å²) >= 11 is 0. The number of aryl methyl sites for hydroxylation is 9. The zero-order valence-corrected chi connectivity index (χ0v) is 43.3. The quantitative estimate of drug-likeness (QED) is 0.168. The van der Waals surface area contributed by atoms with Crippen LogP contribution in [0.1, 0.15) is 63.9 Å². The van der Waals surface area contributed by atoms with Crippen molar-refractivity contribution in [2.24, 2.45) is 0 Å². The van der Waals surface area contributed by atoms with Crippen LogP contribution in [0.25, 0.3) is 0 Å². The molecule has 0 fully saturated rings. The second kappa shape index (κ2) is 45.1. The summed E-state index contributed by atoms with van der Waals surface area (Å²) in [6.07, 6.45) is 0. The molecule has 0 saturated heterocycles. The van der Waals surface area contributed by atoms with Gasteiger partial charge in [-0.25, -0.2) is 0 Å². The topological polar surface area (TPSA) is 9.23 Å². The fourth-order valence-corrected chi connectivity index (χ4v) is 5.01. The van der Waals surface area contributed by atoms with E-state index >= 15 is 0 Å². The van der Waals surface area contributed by atoms with Gasteiger partial charge in [0.25, 0.3) is 0 Å². The molecule has 0 aromatic heterocycles. The van der Waals surface area contributed by atoms with Gasteiger partial charge in [-0.15, -0.1) is 0 Å². The molecule has 0 bridgehead atoms. The molecule has 0 heterocycles. The molecule has 0 N–H and O–H groups in total. The summed E-state index contributed by atoms with van der Waals surface area (Å²) in [7, 11) is 0. The Morgan fingerprint density at radius 3 is 0.294 bits per heavy atom. The number of hydrogen-bond donors (Lipinski definition) is 0. The van der Waals surface area contributed by atoms with E-state index in [-0.39, 0.29) is 0 Å². The Kier molecular flexibility index (Phi) is 40.4. The highest BCUT2D eigenvalue weighted by Gasteiger charge is 1.77. The lowest BCUT2D eigenvalue weighted by Crippen LogP contribution is -1.84. The first kappa shape index (κ1) is 60.9. The molecule has 9 aromatic carbocycles. The third-order valence-corrected chi connectivity index (χ3v) is 8.87. The number of ether oxygens (including phenoxy) is 1. The molecule has 1 nitrogen and oxygen atoms in total. The van der Waals surface area contributed by atoms with Gasteiger partial charge in [0.05, 0.1) is 0 Å². The Morgan fingerprint density at radius 2 is 0.265 bits per heavy atom. The Morgan fingerprint density at radius 1 is 0.176 bits per heavy atom. The molecular formula is C67H82O. The molecule has 9 rings (SSSR count). The summed E-state index contributed by atoms with van der Waals surface area (Å²) in [5, 5.41) is 0. The van der Waals surface area contributed by atoms with Crippen molar-refractivity contribution in [2.45, 2.75) is 76.2 Å². The van der Waals surface area contributed by atoms with E-state index < -0.39 is 0 Å². The van der Waals surface area contributed by atoms with Gasteiger partial charge in [-0.05, 0) is 76.2 Å². The van der Waals surface area contributed by atoms with Crippen molar-refractivity contribution in [3.8, 4) is 0 Å². The van der Waals surface area contributed by atoms with Gasteiger partial charge >= 0.3 is 0 Å². The highest BCUT2D eigenvalue weighted by molar-refractivity contribution is 5.16. The molecule has 0 saturated carbocycles. The van der Waals surface area contributed by atoms with Crippen LogP contribution in [0.15, 0.2) is 273 Å².